The van der Waals surface area contributed by atoms with Gasteiger partial charge >= 0.3 is 0 Å². The standard InChI is InChI=1S/C16H17N5O2S/c1-12-4-3-5-14(8-12)10-24(22,23)18-16-9-15(7-6-13(16)2)21-11-17-19-20-21/h3-9,11,18H,10H2,1-2H3. The SMILES string of the molecule is Cc1cccc(CS(=O)(=O)Nc2cc(-n3cnnn3)ccc2C)c1. The Hall–Kier alpha value is -2.74. The molecule has 8 heteroatoms. The maximum absolute atomic E-state index is 12.5. The second kappa shape index (κ2) is 6.40. The van der Waals surface area contributed by atoms with E-state index in [2.05, 4.69) is 20.2 Å². The smallest absolute Gasteiger partial charge is 0.236 e. The summed E-state index contributed by atoms with van der Waals surface area (Å²) in [5.74, 6) is -0.0801. The zero-order chi connectivity index (χ0) is 17.2. The summed E-state index contributed by atoms with van der Waals surface area (Å²) in [7, 11) is -3.52. The lowest BCUT2D eigenvalue weighted by atomic mass is 10.2. The molecule has 7 nitrogen and oxygen atoms in total. The van der Waals surface area contributed by atoms with E-state index >= 15 is 0 Å². The number of benzene rings is 2. The molecular weight excluding hydrogens is 326 g/mol. The van der Waals surface area contributed by atoms with Crippen LogP contribution in [0.1, 0.15) is 16.7 Å². The zero-order valence-electron chi connectivity index (χ0n) is 13.3. The van der Waals surface area contributed by atoms with E-state index in [1.165, 1.54) is 11.0 Å². The molecule has 0 saturated carbocycles. The largest absolute Gasteiger partial charge is 0.283 e. The number of hydrogen-bond donors (Lipinski definition) is 1. The van der Waals surface area contributed by atoms with Crippen molar-refractivity contribution in [2.24, 2.45) is 0 Å². The van der Waals surface area contributed by atoms with Crippen LogP contribution in [0.5, 0.6) is 0 Å². The van der Waals surface area contributed by atoms with E-state index in [1.54, 1.807) is 12.1 Å². The summed E-state index contributed by atoms with van der Waals surface area (Å²) in [6.45, 7) is 3.78. The predicted molar refractivity (Wildman–Crippen MR) is 91.3 cm³/mol. The Morgan fingerprint density at radius 2 is 1.96 bits per heavy atom. The Bertz CT molecular complexity index is 952. The fraction of sp³-hybridized carbons (Fsp3) is 0.188. The summed E-state index contributed by atoms with van der Waals surface area (Å²) < 4.78 is 29.1. The van der Waals surface area contributed by atoms with E-state index in [9.17, 15) is 8.42 Å². The van der Waals surface area contributed by atoms with Crippen molar-refractivity contribution < 1.29 is 8.42 Å². The van der Waals surface area contributed by atoms with Crippen molar-refractivity contribution in [3.05, 3.63) is 65.5 Å². The van der Waals surface area contributed by atoms with E-state index in [4.69, 9.17) is 0 Å². The molecule has 0 spiro atoms. The second-order valence-electron chi connectivity index (χ2n) is 5.60. The molecule has 0 aliphatic rings. The Kier molecular flexibility index (Phi) is 4.30. The van der Waals surface area contributed by atoms with Crippen LogP contribution in [-0.2, 0) is 15.8 Å². The molecule has 124 valence electrons. The first-order valence-corrected chi connectivity index (χ1v) is 8.98. The molecule has 2 aromatic carbocycles. The lowest BCUT2D eigenvalue weighted by Gasteiger charge is -2.12. The highest BCUT2D eigenvalue weighted by atomic mass is 32.2. The number of hydrogen-bond acceptors (Lipinski definition) is 5. The third-order valence-electron chi connectivity index (χ3n) is 3.54. The average molecular weight is 343 g/mol. The van der Waals surface area contributed by atoms with Crippen molar-refractivity contribution in [1.82, 2.24) is 20.2 Å². The summed E-state index contributed by atoms with van der Waals surface area (Å²) >= 11 is 0. The maximum atomic E-state index is 12.5. The fourth-order valence-electron chi connectivity index (χ4n) is 2.37. The molecule has 0 atom stereocenters. The maximum Gasteiger partial charge on any atom is 0.236 e. The lowest BCUT2D eigenvalue weighted by molar-refractivity contribution is 0.600. The normalized spacial score (nSPS) is 11.4. The molecule has 0 saturated heterocycles. The molecule has 3 aromatic rings. The van der Waals surface area contributed by atoms with Crippen molar-refractivity contribution in [1.29, 1.82) is 0 Å². The van der Waals surface area contributed by atoms with Crippen LogP contribution in [0.15, 0.2) is 48.8 Å². The number of nitrogens with zero attached hydrogens (tertiary/aromatic N) is 4. The number of nitrogens with one attached hydrogen (secondary N) is 1. The highest BCUT2D eigenvalue weighted by molar-refractivity contribution is 7.91. The number of rotatable bonds is 5. The van der Waals surface area contributed by atoms with E-state index in [0.717, 1.165) is 16.7 Å². The third-order valence-corrected chi connectivity index (χ3v) is 4.78. The summed E-state index contributed by atoms with van der Waals surface area (Å²) in [6.07, 6.45) is 1.45. The van der Waals surface area contributed by atoms with E-state index in [1.807, 2.05) is 44.2 Å². The van der Waals surface area contributed by atoms with Crippen molar-refractivity contribution in [2.45, 2.75) is 19.6 Å². The van der Waals surface area contributed by atoms with Crippen molar-refractivity contribution in [3.8, 4) is 5.69 Å². The molecule has 1 aromatic heterocycles. The highest BCUT2D eigenvalue weighted by Crippen LogP contribution is 2.21. The van der Waals surface area contributed by atoms with Crippen LogP contribution in [0.25, 0.3) is 5.69 Å². The van der Waals surface area contributed by atoms with Gasteiger partial charge in [0.05, 0.1) is 17.1 Å². The predicted octanol–water partition coefficient (Wildman–Crippen LogP) is 2.22. The Morgan fingerprint density at radius 3 is 2.67 bits per heavy atom. The number of aromatic nitrogens is 4. The Morgan fingerprint density at radius 1 is 1.12 bits per heavy atom. The minimum atomic E-state index is -3.52. The minimum Gasteiger partial charge on any atom is -0.283 e. The van der Waals surface area contributed by atoms with Gasteiger partial charge in [-0.2, -0.15) is 0 Å². The van der Waals surface area contributed by atoms with Crippen LogP contribution in [-0.4, -0.2) is 28.6 Å². The van der Waals surface area contributed by atoms with Gasteiger partial charge in [0.2, 0.25) is 10.0 Å². The number of tetrazole rings is 1. The molecule has 0 aliphatic heterocycles. The summed E-state index contributed by atoms with van der Waals surface area (Å²) in [5, 5.41) is 11.0. The average Bonchev–Trinajstić information content (AvgIpc) is 3.03. The van der Waals surface area contributed by atoms with Gasteiger partial charge in [-0.1, -0.05) is 35.9 Å². The van der Waals surface area contributed by atoms with Gasteiger partial charge in [-0.3, -0.25) is 4.72 Å². The molecule has 0 radical (unpaired) electrons. The molecule has 0 bridgehead atoms. The molecule has 0 fully saturated rings. The molecule has 1 heterocycles. The molecule has 0 unspecified atom stereocenters. The third kappa shape index (κ3) is 3.77. The van der Waals surface area contributed by atoms with Crippen LogP contribution in [0.2, 0.25) is 0 Å². The zero-order valence-corrected chi connectivity index (χ0v) is 14.2. The lowest BCUT2D eigenvalue weighted by Crippen LogP contribution is -2.16. The van der Waals surface area contributed by atoms with E-state index in [0.29, 0.717) is 11.4 Å². The van der Waals surface area contributed by atoms with Crippen LogP contribution in [0, 0.1) is 13.8 Å². The highest BCUT2D eigenvalue weighted by Gasteiger charge is 2.14. The first kappa shape index (κ1) is 16.1. The molecule has 1 N–H and O–H groups in total. The first-order chi connectivity index (χ1) is 11.4. The van der Waals surface area contributed by atoms with Gasteiger partial charge in [0.15, 0.2) is 0 Å². The Labute approximate surface area is 140 Å². The quantitative estimate of drug-likeness (QED) is 0.767. The van der Waals surface area contributed by atoms with Gasteiger partial charge < -0.3 is 0 Å². The fourth-order valence-corrected chi connectivity index (χ4v) is 3.61. The van der Waals surface area contributed by atoms with Gasteiger partial charge in [0, 0.05) is 0 Å². The number of aryl methyl sites for hydroxylation is 2. The van der Waals surface area contributed by atoms with Crippen molar-refractivity contribution >= 4 is 15.7 Å². The monoisotopic (exact) mass is 343 g/mol. The van der Waals surface area contributed by atoms with Crippen LogP contribution < -0.4 is 4.72 Å². The number of anilines is 1. The van der Waals surface area contributed by atoms with E-state index < -0.39 is 10.0 Å². The topological polar surface area (TPSA) is 89.8 Å². The molecule has 24 heavy (non-hydrogen) atoms. The molecule has 0 aliphatic carbocycles. The summed E-state index contributed by atoms with van der Waals surface area (Å²) in [5.41, 5.74) is 3.78. The van der Waals surface area contributed by atoms with Crippen LogP contribution >= 0.6 is 0 Å². The molecular formula is C16H17N5O2S. The van der Waals surface area contributed by atoms with Gasteiger partial charge in [0.25, 0.3) is 0 Å². The Balaban J connectivity index is 1.85. The van der Waals surface area contributed by atoms with Gasteiger partial charge in [-0.15, -0.1) is 5.10 Å². The minimum absolute atomic E-state index is 0.0801. The summed E-state index contributed by atoms with van der Waals surface area (Å²) in [4.78, 5) is 0. The summed E-state index contributed by atoms with van der Waals surface area (Å²) in [6, 6.07) is 12.8. The van der Waals surface area contributed by atoms with Crippen LogP contribution in [0.4, 0.5) is 5.69 Å². The van der Waals surface area contributed by atoms with E-state index in [-0.39, 0.29) is 5.75 Å². The van der Waals surface area contributed by atoms with Gasteiger partial charge in [-0.25, -0.2) is 13.1 Å². The second-order valence-corrected chi connectivity index (χ2v) is 7.33. The molecule has 0 amide bonds. The van der Waals surface area contributed by atoms with Crippen molar-refractivity contribution in [3.63, 3.8) is 0 Å². The van der Waals surface area contributed by atoms with Gasteiger partial charge in [0.1, 0.15) is 6.33 Å². The first-order valence-electron chi connectivity index (χ1n) is 7.33. The molecule has 3 rings (SSSR count). The van der Waals surface area contributed by atoms with Crippen molar-refractivity contribution in [2.75, 3.05) is 4.72 Å². The van der Waals surface area contributed by atoms with Gasteiger partial charge in [-0.05, 0) is 47.5 Å². The number of sulfonamides is 1. The van der Waals surface area contributed by atoms with Crippen LogP contribution in [0.3, 0.4) is 0 Å².